The first-order chi connectivity index (χ1) is 9.54. The summed E-state index contributed by atoms with van der Waals surface area (Å²) in [6.45, 7) is 0. The van der Waals surface area contributed by atoms with E-state index >= 15 is 0 Å². The minimum absolute atomic E-state index is 0.121. The van der Waals surface area contributed by atoms with Crippen molar-refractivity contribution in [3.63, 3.8) is 0 Å². The molecule has 1 N–H and O–H groups in total. The maximum atomic E-state index is 13.3. The van der Waals surface area contributed by atoms with Crippen LogP contribution in [0.5, 0.6) is 0 Å². The summed E-state index contributed by atoms with van der Waals surface area (Å²) in [4.78, 5) is 13.6. The molecule has 1 unspecified atom stereocenters. The van der Waals surface area contributed by atoms with Crippen LogP contribution in [0.1, 0.15) is 16.0 Å². The molecule has 1 aromatic heterocycles. The van der Waals surface area contributed by atoms with Gasteiger partial charge in [0.2, 0.25) is 0 Å². The Morgan fingerprint density at radius 2 is 1.85 bits per heavy atom. The number of hydrogen-bond acceptors (Lipinski definition) is 2. The molecule has 0 saturated carbocycles. The number of fused-ring (bicyclic) bond motifs is 1. The van der Waals surface area contributed by atoms with Gasteiger partial charge >= 0.3 is 5.76 Å². The molecule has 0 aliphatic carbocycles. The highest BCUT2D eigenvalue weighted by Crippen LogP contribution is 2.33. The Morgan fingerprint density at radius 3 is 2.60 bits per heavy atom. The lowest BCUT2D eigenvalue weighted by Crippen LogP contribution is -1.93. The maximum Gasteiger partial charge on any atom is 0.417 e. The number of benzene rings is 2. The second-order valence-electron chi connectivity index (χ2n) is 4.31. The van der Waals surface area contributed by atoms with Gasteiger partial charge in [-0.2, -0.15) is 0 Å². The van der Waals surface area contributed by atoms with Crippen LogP contribution in [0.25, 0.3) is 11.1 Å². The molecule has 0 aliphatic rings. The van der Waals surface area contributed by atoms with E-state index < -0.39 is 5.76 Å². The molecule has 102 valence electrons. The van der Waals surface area contributed by atoms with Gasteiger partial charge in [0, 0.05) is 0 Å². The van der Waals surface area contributed by atoms with Crippen molar-refractivity contribution in [1.29, 1.82) is 0 Å². The van der Waals surface area contributed by atoms with Gasteiger partial charge in [-0.3, -0.25) is 4.98 Å². The van der Waals surface area contributed by atoms with Crippen LogP contribution in [0.3, 0.4) is 0 Å². The minimum Gasteiger partial charge on any atom is -0.408 e. The van der Waals surface area contributed by atoms with Gasteiger partial charge in [0.25, 0.3) is 0 Å². The Balaban J connectivity index is 2.04. The van der Waals surface area contributed by atoms with Crippen molar-refractivity contribution >= 4 is 43.0 Å². The molecular formula is C14H8Br2FNO2. The van der Waals surface area contributed by atoms with Crippen LogP contribution in [-0.2, 0) is 0 Å². The molecule has 3 aromatic rings. The third-order valence-electron chi connectivity index (χ3n) is 2.97. The average Bonchev–Trinajstić information content (AvgIpc) is 2.80. The van der Waals surface area contributed by atoms with E-state index in [-0.39, 0.29) is 10.6 Å². The minimum atomic E-state index is -0.479. The van der Waals surface area contributed by atoms with E-state index in [1.54, 1.807) is 24.3 Å². The standard InChI is InChI=1S/C14H8Br2FNO2/c15-9-5-7(1-3-10(9)17)13(16)8-2-4-11-12(6-8)20-14(19)18-11/h1-6,13H,(H,18,19). The SMILES string of the molecule is O=c1[nH]c2ccc(C(Br)c3ccc(F)c(Br)c3)cc2o1. The van der Waals surface area contributed by atoms with E-state index in [9.17, 15) is 9.18 Å². The largest absolute Gasteiger partial charge is 0.417 e. The zero-order valence-corrected chi connectivity index (χ0v) is 13.2. The molecule has 0 amide bonds. The van der Waals surface area contributed by atoms with Crippen LogP contribution >= 0.6 is 31.9 Å². The van der Waals surface area contributed by atoms with Crippen LogP contribution in [-0.4, -0.2) is 4.98 Å². The smallest absolute Gasteiger partial charge is 0.408 e. The summed E-state index contributed by atoms with van der Waals surface area (Å²) in [5, 5.41) is 0. The van der Waals surface area contributed by atoms with Crippen molar-refractivity contribution in [2.45, 2.75) is 4.83 Å². The van der Waals surface area contributed by atoms with Gasteiger partial charge < -0.3 is 4.42 Å². The van der Waals surface area contributed by atoms with E-state index in [0.29, 0.717) is 15.6 Å². The molecule has 6 heteroatoms. The van der Waals surface area contributed by atoms with Crippen LogP contribution in [0.2, 0.25) is 0 Å². The lowest BCUT2D eigenvalue weighted by atomic mass is 10.0. The summed E-state index contributed by atoms with van der Waals surface area (Å²) in [7, 11) is 0. The van der Waals surface area contributed by atoms with Crippen molar-refractivity contribution in [3.05, 3.63) is 68.4 Å². The molecule has 0 radical (unpaired) electrons. The van der Waals surface area contributed by atoms with Gasteiger partial charge in [0.15, 0.2) is 5.58 Å². The summed E-state index contributed by atoms with van der Waals surface area (Å²) >= 11 is 6.74. The van der Waals surface area contributed by atoms with Crippen molar-refractivity contribution in [3.8, 4) is 0 Å². The van der Waals surface area contributed by atoms with Crippen molar-refractivity contribution in [1.82, 2.24) is 4.98 Å². The third-order valence-corrected chi connectivity index (χ3v) is 4.64. The number of oxazole rings is 1. The van der Waals surface area contributed by atoms with Crippen LogP contribution in [0.15, 0.2) is 50.1 Å². The zero-order chi connectivity index (χ0) is 14.3. The van der Waals surface area contributed by atoms with Crippen molar-refractivity contribution in [2.24, 2.45) is 0 Å². The number of hydrogen-bond donors (Lipinski definition) is 1. The molecule has 20 heavy (non-hydrogen) atoms. The second kappa shape index (κ2) is 5.18. The van der Waals surface area contributed by atoms with Crippen LogP contribution in [0.4, 0.5) is 4.39 Å². The normalized spacial score (nSPS) is 12.8. The number of H-pyrrole nitrogens is 1. The van der Waals surface area contributed by atoms with E-state index in [0.717, 1.165) is 11.1 Å². The lowest BCUT2D eigenvalue weighted by molar-refractivity contribution is 0.555. The van der Waals surface area contributed by atoms with Gasteiger partial charge in [0.05, 0.1) is 14.8 Å². The first-order valence-electron chi connectivity index (χ1n) is 5.76. The Bertz CT molecular complexity index is 841. The van der Waals surface area contributed by atoms with E-state index in [1.807, 2.05) is 6.07 Å². The number of alkyl halides is 1. The van der Waals surface area contributed by atoms with Gasteiger partial charge in [-0.05, 0) is 51.3 Å². The monoisotopic (exact) mass is 399 g/mol. The molecule has 1 atom stereocenters. The molecule has 0 fully saturated rings. The molecule has 0 aliphatic heterocycles. The average molecular weight is 401 g/mol. The number of nitrogens with one attached hydrogen (secondary N) is 1. The number of rotatable bonds is 2. The van der Waals surface area contributed by atoms with E-state index in [4.69, 9.17) is 4.42 Å². The fourth-order valence-electron chi connectivity index (χ4n) is 1.98. The maximum absolute atomic E-state index is 13.3. The summed E-state index contributed by atoms with van der Waals surface area (Å²) in [6.07, 6.45) is 0. The van der Waals surface area contributed by atoms with E-state index in [1.165, 1.54) is 6.07 Å². The Morgan fingerprint density at radius 1 is 1.15 bits per heavy atom. The highest BCUT2D eigenvalue weighted by atomic mass is 79.9. The Labute approximate surface area is 130 Å². The molecule has 3 nitrogen and oxygen atoms in total. The molecular weight excluding hydrogens is 393 g/mol. The summed E-state index contributed by atoms with van der Waals surface area (Å²) in [6, 6.07) is 10.3. The highest BCUT2D eigenvalue weighted by molar-refractivity contribution is 9.10. The highest BCUT2D eigenvalue weighted by Gasteiger charge is 2.14. The van der Waals surface area contributed by atoms with E-state index in [2.05, 4.69) is 36.8 Å². The predicted molar refractivity (Wildman–Crippen MR) is 81.7 cm³/mol. The van der Waals surface area contributed by atoms with Gasteiger partial charge in [-0.1, -0.05) is 28.1 Å². The lowest BCUT2D eigenvalue weighted by Gasteiger charge is -2.11. The second-order valence-corrected chi connectivity index (χ2v) is 6.08. The van der Waals surface area contributed by atoms with Crippen LogP contribution < -0.4 is 5.76 Å². The van der Waals surface area contributed by atoms with Crippen molar-refractivity contribution < 1.29 is 8.81 Å². The quantitative estimate of drug-likeness (QED) is 0.643. The zero-order valence-electron chi connectivity index (χ0n) is 9.99. The molecule has 1 heterocycles. The topological polar surface area (TPSA) is 46.0 Å². The molecule has 0 bridgehead atoms. The number of aromatic amines is 1. The fraction of sp³-hybridized carbons (Fsp3) is 0.0714. The summed E-state index contributed by atoms with van der Waals surface area (Å²) in [5.74, 6) is -0.784. The number of aromatic nitrogens is 1. The third kappa shape index (κ3) is 2.45. The predicted octanol–water partition coefficient (Wildman–Crippen LogP) is 4.51. The van der Waals surface area contributed by atoms with Crippen molar-refractivity contribution in [2.75, 3.05) is 0 Å². The molecule has 0 saturated heterocycles. The summed E-state index contributed by atoms with van der Waals surface area (Å²) < 4.78 is 18.7. The molecule has 0 spiro atoms. The first-order valence-corrected chi connectivity index (χ1v) is 7.47. The Kier molecular flexibility index (Phi) is 3.52. The molecule has 3 rings (SSSR count). The van der Waals surface area contributed by atoms with Gasteiger partial charge in [-0.15, -0.1) is 0 Å². The van der Waals surface area contributed by atoms with Gasteiger partial charge in [-0.25, -0.2) is 9.18 Å². The molecule has 2 aromatic carbocycles. The fourth-order valence-corrected chi connectivity index (χ4v) is 2.95. The number of halogens is 3. The first kappa shape index (κ1) is 13.6. The summed E-state index contributed by atoms with van der Waals surface area (Å²) in [5.41, 5.74) is 2.96. The Hall–Kier alpha value is -1.40. The van der Waals surface area contributed by atoms with Gasteiger partial charge in [0.1, 0.15) is 5.82 Å². The van der Waals surface area contributed by atoms with Crippen LogP contribution in [0, 0.1) is 5.82 Å².